The van der Waals surface area contributed by atoms with E-state index in [2.05, 4.69) is 0 Å². The zero-order chi connectivity index (χ0) is 14.8. The third-order valence-corrected chi connectivity index (χ3v) is 3.85. The van der Waals surface area contributed by atoms with Crippen LogP contribution in [0.15, 0.2) is 24.3 Å². The molecule has 0 N–H and O–H groups in total. The normalized spacial score (nSPS) is 17.9. The average molecular weight is 306 g/mol. The Hall–Kier alpha value is -1.23. The first-order valence-corrected chi connectivity index (χ1v) is 6.94. The van der Waals surface area contributed by atoms with E-state index in [4.69, 9.17) is 11.6 Å². The highest BCUT2D eigenvalue weighted by Crippen LogP contribution is 2.37. The zero-order valence-corrected chi connectivity index (χ0v) is 11.5. The lowest BCUT2D eigenvalue weighted by Gasteiger charge is -2.29. The summed E-state index contributed by atoms with van der Waals surface area (Å²) in [6, 6.07) is 4.97. The molecule has 1 atom stereocenters. The number of piperidine rings is 1. The van der Waals surface area contributed by atoms with Crippen molar-refractivity contribution in [3.8, 4) is 0 Å². The van der Waals surface area contributed by atoms with Gasteiger partial charge in [0, 0.05) is 13.1 Å². The minimum atomic E-state index is -4.51. The summed E-state index contributed by atoms with van der Waals surface area (Å²) in [6.07, 6.45) is -1.73. The number of likely N-dealkylation sites (tertiary alicyclic amines) is 1. The highest BCUT2D eigenvalue weighted by Gasteiger charge is 2.37. The number of halogens is 4. The molecular weight excluding hydrogens is 291 g/mol. The van der Waals surface area contributed by atoms with Crippen molar-refractivity contribution in [3.63, 3.8) is 0 Å². The van der Waals surface area contributed by atoms with E-state index in [1.807, 2.05) is 0 Å². The van der Waals surface area contributed by atoms with E-state index in [9.17, 15) is 18.0 Å². The fourth-order valence-corrected chi connectivity index (χ4v) is 2.71. The van der Waals surface area contributed by atoms with Gasteiger partial charge in [-0.1, -0.05) is 18.2 Å². The van der Waals surface area contributed by atoms with E-state index in [-0.39, 0.29) is 5.56 Å². The minimum Gasteiger partial charge on any atom is -0.341 e. The summed E-state index contributed by atoms with van der Waals surface area (Å²) in [5.74, 6) is -0.442. The first-order valence-electron chi connectivity index (χ1n) is 6.50. The summed E-state index contributed by atoms with van der Waals surface area (Å²) in [5, 5.41) is -1.29. The molecule has 2 nitrogen and oxygen atoms in total. The molecule has 1 aromatic rings. The third kappa shape index (κ3) is 3.26. The summed E-state index contributed by atoms with van der Waals surface area (Å²) < 4.78 is 38.8. The van der Waals surface area contributed by atoms with Gasteiger partial charge in [0.05, 0.1) is 5.56 Å². The summed E-state index contributed by atoms with van der Waals surface area (Å²) in [7, 11) is 0. The Kier molecular flexibility index (Phi) is 4.58. The van der Waals surface area contributed by atoms with Crippen molar-refractivity contribution >= 4 is 17.5 Å². The van der Waals surface area contributed by atoms with Crippen LogP contribution < -0.4 is 0 Å². The maximum absolute atomic E-state index is 12.9. The molecule has 1 unspecified atom stereocenters. The van der Waals surface area contributed by atoms with Crippen LogP contribution in [0.5, 0.6) is 0 Å². The number of benzene rings is 1. The topological polar surface area (TPSA) is 20.3 Å². The fourth-order valence-electron chi connectivity index (χ4n) is 2.38. The summed E-state index contributed by atoms with van der Waals surface area (Å²) in [4.78, 5) is 13.8. The number of rotatable bonds is 2. The Labute approximate surface area is 120 Å². The molecule has 0 aromatic heterocycles. The van der Waals surface area contributed by atoms with E-state index < -0.39 is 23.0 Å². The monoisotopic (exact) mass is 305 g/mol. The van der Waals surface area contributed by atoms with Gasteiger partial charge in [-0.05, 0) is 30.9 Å². The van der Waals surface area contributed by atoms with Crippen molar-refractivity contribution in [2.24, 2.45) is 0 Å². The molecule has 1 aromatic carbocycles. The molecular formula is C14H15ClF3NO. The van der Waals surface area contributed by atoms with Crippen molar-refractivity contribution in [2.45, 2.75) is 30.8 Å². The molecule has 20 heavy (non-hydrogen) atoms. The standard InChI is InChI=1S/C14H15ClF3NO/c15-12(13(20)19-8-4-1-5-9-19)10-6-2-3-7-11(10)14(16,17)18/h2-3,6-7,12H,1,4-5,8-9H2. The van der Waals surface area contributed by atoms with Crippen LogP contribution in [0.25, 0.3) is 0 Å². The van der Waals surface area contributed by atoms with Crippen molar-refractivity contribution < 1.29 is 18.0 Å². The van der Waals surface area contributed by atoms with E-state index in [1.165, 1.54) is 18.2 Å². The van der Waals surface area contributed by atoms with Crippen LogP contribution in [0.2, 0.25) is 0 Å². The van der Waals surface area contributed by atoms with E-state index in [0.717, 1.165) is 25.3 Å². The van der Waals surface area contributed by atoms with Crippen LogP contribution in [-0.2, 0) is 11.0 Å². The molecule has 0 saturated carbocycles. The summed E-state index contributed by atoms with van der Waals surface area (Å²) >= 11 is 6.01. The smallest absolute Gasteiger partial charge is 0.341 e. The molecule has 1 amide bonds. The van der Waals surface area contributed by atoms with Crippen molar-refractivity contribution in [1.29, 1.82) is 0 Å². The fraction of sp³-hybridized carbons (Fsp3) is 0.500. The molecule has 1 fully saturated rings. The predicted octanol–water partition coefficient (Wildman–Crippen LogP) is 4.00. The lowest BCUT2D eigenvalue weighted by atomic mass is 10.0. The molecule has 1 aliphatic heterocycles. The molecule has 1 aliphatic rings. The molecule has 0 bridgehead atoms. The predicted molar refractivity (Wildman–Crippen MR) is 70.5 cm³/mol. The number of hydrogen-bond donors (Lipinski definition) is 0. The van der Waals surface area contributed by atoms with Crippen LogP contribution in [0, 0.1) is 0 Å². The number of nitrogens with zero attached hydrogens (tertiary/aromatic N) is 1. The largest absolute Gasteiger partial charge is 0.416 e. The number of carbonyl (C=O) groups excluding carboxylic acids is 1. The number of carbonyl (C=O) groups is 1. The second kappa shape index (κ2) is 6.04. The van der Waals surface area contributed by atoms with Crippen molar-refractivity contribution in [2.75, 3.05) is 13.1 Å². The van der Waals surface area contributed by atoms with Gasteiger partial charge in [0.2, 0.25) is 5.91 Å². The van der Waals surface area contributed by atoms with E-state index >= 15 is 0 Å². The molecule has 2 rings (SSSR count). The highest BCUT2D eigenvalue weighted by atomic mass is 35.5. The van der Waals surface area contributed by atoms with Gasteiger partial charge in [-0.15, -0.1) is 11.6 Å². The number of alkyl halides is 4. The summed E-state index contributed by atoms with van der Waals surface area (Å²) in [6.45, 7) is 1.13. The number of amides is 1. The minimum absolute atomic E-state index is 0.169. The van der Waals surface area contributed by atoms with E-state index in [1.54, 1.807) is 4.90 Å². The second-order valence-corrected chi connectivity index (χ2v) is 5.27. The van der Waals surface area contributed by atoms with Gasteiger partial charge in [-0.25, -0.2) is 0 Å². The lowest BCUT2D eigenvalue weighted by Crippen LogP contribution is -2.38. The first-order chi connectivity index (χ1) is 9.41. The van der Waals surface area contributed by atoms with Crippen LogP contribution in [0.1, 0.15) is 35.8 Å². The Bertz CT molecular complexity index is 484. The van der Waals surface area contributed by atoms with Gasteiger partial charge < -0.3 is 4.90 Å². The molecule has 0 radical (unpaired) electrons. The second-order valence-electron chi connectivity index (χ2n) is 4.83. The zero-order valence-electron chi connectivity index (χ0n) is 10.8. The van der Waals surface area contributed by atoms with Crippen LogP contribution >= 0.6 is 11.6 Å². The van der Waals surface area contributed by atoms with Gasteiger partial charge in [0.1, 0.15) is 5.38 Å². The maximum Gasteiger partial charge on any atom is 0.416 e. The van der Waals surface area contributed by atoms with Crippen molar-refractivity contribution in [3.05, 3.63) is 35.4 Å². The summed E-state index contributed by atoms with van der Waals surface area (Å²) in [5.41, 5.74) is -1.01. The first kappa shape index (κ1) is 15.2. The Morgan fingerprint density at radius 1 is 1.15 bits per heavy atom. The SMILES string of the molecule is O=C(C(Cl)c1ccccc1C(F)(F)F)N1CCCCC1. The molecule has 0 aliphatic carbocycles. The van der Waals surface area contributed by atoms with Gasteiger partial charge in [-0.2, -0.15) is 13.2 Å². The van der Waals surface area contributed by atoms with Gasteiger partial charge in [-0.3, -0.25) is 4.79 Å². The van der Waals surface area contributed by atoms with Crippen molar-refractivity contribution in [1.82, 2.24) is 4.90 Å². The van der Waals surface area contributed by atoms with Crippen LogP contribution in [-0.4, -0.2) is 23.9 Å². The molecule has 0 spiro atoms. The number of hydrogen-bond acceptors (Lipinski definition) is 1. The quantitative estimate of drug-likeness (QED) is 0.756. The van der Waals surface area contributed by atoms with E-state index in [0.29, 0.717) is 13.1 Å². The Morgan fingerprint density at radius 3 is 2.35 bits per heavy atom. The van der Waals surface area contributed by atoms with Crippen LogP contribution in [0.3, 0.4) is 0 Å². The average Bonchev–Trinajstić information content (AvgIpc) is 2.46. The molecule has 1 saturated heterocycles. The highest BCUT2D eigenvalue weighted by molar-refractivity contribution is 6.30. The molecule has 110 valence electrons. The van der Waals surface area contributed by atoms with Gasteiger partial charge in [0.15, 0.2) is 0 Å². The molecule has 1 heterocycles. The Morgan fingerprint density at radius 2 is 1.75 bits per heavy atom. The Balaban J connectivity index is 2.24. The lowest BCUT2D eigenvalue weighted by molar-refractivity contribution is -0.139. The molecule has 6 heteroatoms. The van der Waals surface area contributed by atoms with Gasteiger partial charge in [0.25, 0.3) is 0 Å². The third-order valence-electron chi connectivity index (χ3n) is 3.42. The maximum atomic E-state index is 12.9. The van der Waals surface area contributed by atoms with Crippen LogP contribution in [0.4, 0.5) is 13.2 Å². The van der Waals surface area contributed by atoms with Gasteiger partial charge >= 0.3 is 6.18 Å².